The van der Waals surface area contributed by atoms with Gasteiger partial charge in [0.2, 0.25) is 0 Å². The van der Waals surface area contributed by atoms with E-state index < -0.39 is 0 Å². The van der Waals surface area contributed by atoms with Gasteiger partial charge in [0.05, 0.1) is 24.8 Å². The monoisotopic (exact) mass is 349 g/mol. The highest BCUT2D eigenvalue weighted by molar-refractivity contribution is 5.81. The van der Waals surface area contributed by atoms with Crippen molar-refractivity contribution >= 4 is 11.9 Å². The van der Waals surface area contributed by atoms with E-state index in [2.05, 4.69) is 5.10 Å². The maximum atomic E-state index is 12.9. The number of amides is 1. The maximum Gasteiger partial charge on any atom is 0.309 e. The molecule has 3 rings (SSSR count). The van der Waals surface area contributed by atoms with Crippen LogP contribution >= 0.6 is 0 Å². The first-order valence-corrected chi connectivity index (χ1v) is 9.06. The van der Waals surface area contributed by atoms with E-state index in [1.54, 1.807) is 0 Å². The summed E-state index contributed by atoms with van der Waals surface area (Å²) in [5.41, 5.74) is 1.91. The number of carbonyl (C=O) groups excluding carboxylic acids is 2. The predicted octanol–water partition coefficient (Wildman–Crippen LogP) is 1.44. The Hall–Kier alpha value is -1.89. The number of rotatable bonds is 7. The van der Waals surface area contributed by atoms with E-state index in [4.69, 9.17) is 9.47 Å². The zero-order valence-corrected chi connectivity index (χ0v) is 15.2. The van der Waals surface area contributed by atoms with Crippen LogP contribution in [0.4, 0.5) is 0 Å². The van der Waals surface area contributed by atoms with Crippen molar-refractivity contribution < 1.29 is 19.1 Å². The molecule has 1 saturated heterocycles. The molecule has 7 heteroatoms. The number of hydrogen-bond acceptors (Lipinski definition) is 5. The third-order valence-corrected chi connectivity index (χ3v) is 5.00. The van der Waals surface area contributed by atoms with Gasteiger partial charge < -0.3 is 14.4 Å². The van der Waals surface area contributed by atoms with Crippen molar-refractivity contribution in [1.82, 2.24) is 14.7 Å². The molecule has 0 N–H and O–H groups in total. The third-order valence-electron chi connectivity index (χ3n) is 5.00. The Balaban J connectivity index is 1.66. The van der Waals surface area contributed by atoms with Gasteiger partial charge in [0.15, 0.2) is 0 Å². The molecule has 0 aromatic carbocycles. The number of esters is 1. The molecule has 0 radical (unpaired) electrons. The van der Waals surface area contributed by atoms with Crippen LogP contribution in [0.5, 0.6) is 0 Å². The molecule has 25 heavy (non-hydrogen) atoms. The first-order chi connectivity index (χ1) is 12.0. The van der Waals surface area contributed by atoms with Crippen LogP contribution in [0.3, 0.4) is 0 Å². The summed E-state index contributed by atoms with van der Waals surface area (Å²) in [7, 11) is 1.89. The Bertz CT molecular complexity index is 617. The largest absolute Gasteiger partial charge is 0.466 e. The van der Waals surface area contributed by atoms with Crippen molar-refractivity contribution in [3.8, 4) is 0 Å². The predicted molar refractivity (Wildman–Crippen MR) is 90.6 cm³/mol. The number of ether oxygens (including phenoxy) is 2. The molecule has 1 aliphatic heterocycles. The lowest BCUT2D eigenvalue weighted by Gasteiger charge is -2.24. The van der Waals surface area contributed by atoms with E-state index >= 15 is 0 Å². The molecule has 0 bridgehead atoms. The van der Waals surface area contributed by atoms with Gasteiger partial charge in [0.1, 0.15) is 6.10 Å². The average molecular weight is 349 g/mol. The van der Waals surface area contributed by atoms with Crippen molar-refractivity contribution in [2.45, 2.75) is 45.8 Å². The SMILES string of the molecule is CCOC(=O)[C@H]1C[C@H]1CN(Cc1cc(C)n(C)n1)C(=O)[C@@H]1CCCO1. The summed E-state index contributed by atoms with van der Waals surface area (Å²) in [5.74, 6) is -0.0413. The fourth-order valence-corrected chi connectivity index (χ4v) is 3.39. The summed E-state index contributed by atoms with van der Waals surface area (Å²) in [6.07, 6.45) is 2.12. The summed E-state index contributed by atoms with van der Waals surface area (Å²) >= 11 is 0. The zero-order valence-electron chi connectivity index (χ0n) is 15.2. The van der Waals surface area contributed by atoms with Crippen LogP contribution in [0, 0.1) is 18.8 Å². The van der Waals surface area contributed by atoms with Crippen molar-refractivity contribution in [2.24, 2.45) is 18.9 Å². The van der Waals surface area contributed by atoms with Crippen molar-refractivity contribution in [1.29, 1.82) is 0 Å². The van der Waals surface area contributed by atoms with Crippen LogP contribution in [-0.4, -0.2) is 52.4 Å². The maximum absolute atomic E-state index is 12.9. The molecule has 1 aliphatic carbocycles. The van der Waals surface area contributed by atoms with Gasteiger partial charge >= 0.3 is 5.97 Å². The second-order valence-electron chi connectivity index (χ2n) is 6.98. The molecular formula is C18H27N3O4. The van der Waals surface area contributed by atoms with E-state index in [1.165, 1.54) is 0 Å². The first-order valence-electron chi connectivity index (χ1n) is 9.06. The lowest BCUT2D eigenvalue weighted by Crippen LogP contribution is -2.40. The van der Waals surface area contributed by atoms with Crippen LogP contribution in [-0.2, 0) is 32.7 Å². The first kappa shape index (κ1) is 17.9. The normalized spacial score (nSPS) is 25.0. The van der Waals surface area contributed by atoms with E-state index in [1.807, 2.05) is 36.5 Å². The number of aromatic nitrogens is 2. The summed E-state index contributed by atoms with van der Waals surface area (Å²) in [6.45, 7) is 5.84. The van der Waals surface area contributed by atoms with Crippen molar-refractivity contribution in [2.75, 3.05) is 19.8 Å². The Morgan fingerprint density at radius 2 is 2.28 bits per heavy atom. The highest BCUT2D eigenvalue weighted by atomic mass is 16.5. The van der Waals surface area contributed by atoms with Gasteiger partial charge in [-0.2, -0.15) is 5.10 Å². The van der Waals surface area contributed by atoms with Gasteiger partial charge in [-0.05, 0) is 45.1 Å². The molecule has 7 nitrogen and oxygen atoms in total. The quantitative estimate of drug-likeness (QED) is 0.697. The van der Waals surface area contributed by atoms with Gasteiger partial charge in [0.25, 0.3) is 5.91 Å². The van der Waals surface area contributed by atoms with Gasteiger partial charge in [-0.25, -0.2) is 0 Å². The Morgan fingerprint density at radius 1 is 1.48 bits per heavy atom. The number of hydrogen-bond donors (Lipinski definition) is 0. The van der Waals surface area contributed by atoms with Crippen LogP contribution in [0.15, 0.2) is 6.07 Å². The molecule has 2 fully saturated rings. The fraction of sp³-hybridized carbons (Fsp3) is 0.722. The lowest BCUT2D eigenvalue weighted by atomic mass is 10.2. The minimum atomic E-state index is -0.357. The summed E-state index contributed by atoms with van der Waals surface area (Å²) in [5, 5.41) is 4.46. The third kappa shape index (κ3) is 4.21. The average Bonchev–Trinajstić information content (AvgIpc) is 2.99. The Kier molecular flexibility index (Phi) is 5.42. The van der Waals surface area contributed by atoms with Crippen LogP contribution in [0.1, 0.15) is 37.6 Å². The van der Waals surface area contributed by atoms with Crippen molar-refractivity contribution in [3.63, 3.8) is 0 Å². The molecule has 138 valence electrons. The summed E-state index contributed by atoms with van der Waals surface area (Å²) < 4.78 is 12.5. The molecule has 0 unspecified atom stereocenters. The molecule has 2 aliphatic rings. The second-order valence-corrected chi connectivity index (χ2v) is 6.98. The summed E-state index contributed by atoms with van der Waals surface area (Å²) in [4.78, 5) is 26.5. The molecule has 1 aromatic heterocycles. The van der Waals surface area contributed by atoms with E-state index in [9.17, 15) is 9.59 Å². The molecule has 1 saturated carbocycles. The zero-order chi connectivity index (χ0) is 18.0. The molecule has 3 atom stereocenters. The molecule has 2 heterocycles. The van der Waals surface area contributed by atoms with Crippen LogP contribution < -0.4 is 0 Å². The number of aryl methyl sites for hydroxylation is 2. The van der Waals surface area contributed by atoms with Crippen LogP contribution in [0.2, 0.25) is 0 Å². The minimum absolute atomic E-state index is 0.00955. The topological polar surface area (TPSA) is 73.7 Å². The standard InChI is InChI=1S/C18H27N3O4/c1-4-24-18(23)15-9-13(15)10-21(17(22)16-6-5-7-25-16)11-14-8-12(2)20(3)19-14/h8,13,15-16H,4-7,9-11H2,1-3H3/t13-,15-,16-/m0/s1. The minimum Gasteiger partial charge on any atom is -0.466 e. The number of carbonyl (C=O) groups is 2. The fourth-order valence-electron chi connectivity index (χ4n) is 3.39. The van der Waals surface area contributed by atoms with Crippen molar-refractivity contribution in [3.05, 3.63) is 17.5 Å². The van der Waals surface area contributed by atoms with Gasteiger partial charge in [-0.1, -0.05) is 0 Å². The highest BCUT2D eigenvalue weighted by Crippen LogP contribution is 2.40. The van der Waals surface area contributed by atoms with E-state index in [0.29, 0.717) is 26.3 Å². The number of nitrogens with zero attached hydrogens (tertiary/aromatic N) is 3. The second kappa shape index (κ2) is 7.56. The Morgan fingerprint density at radius 3 is 2.88 bits per heavy atom. The molecule has 1 amide bonds. The van der Waals surface area contributed by atoms with Gasteiger partial charge in [-0.3, -0.25) is 14.3 Å². The summed E-state index contributed by atoms with van der Waals surface area (Å²) in [6, 6.07) is 1.99. The molecule has 1 aromatic rings. The van der Waals surface area contributed by atoms with E-state index in [-0.39, 0.29) is 29.8 Å². The Labute approximate surface area is 148 Å². The van der Waals surface area contributed by atoms with E-state index in [0.717, 1.165) is 30.7 Å². The lowest BCUT2D eigenvalue weighted by molar-refractivity contribution is -0.146. The smallest absolute Gasteiger partial charge is 0.309 e. The van der Waals surface area contributed by atoms with Gasteiger partial charge in [0, 0.05) is 25.9 Å². The molecule has 0 spiro atoms. The van der Waals surface area contributed by atoms with Gasteiger partial charge in [-0.15, -0.1) is 0 Å². The molecular weight excluding hydrogens is 322 g/mol. The van der Waals surface area contributed by atoms with Crippen LogP contribution in [0.25, 0.3) is 0 Å². The highest BCUT2D eigenvalue weighted by Gasteiger charge is 2.46.